The molecule has 0 bridgehead atoms. The smallest absolute Gasteiger partial charge is 0.311 e. The van der Waals surface area contributed by atoms with Crippen LogP contribution >= 0.6 is 30.2 Å². The van der Waals surface area contributed by atoms with Gasteiger partial charge in [-0.3, -0.25) is 47.0 Å². The number of rotatable bonds is 19. The molecule has 3 aliphatic rings. The van der Waals surface area contributed by atoms with Crippen molar-refractivity contribution in [1.29, 1.82) is 0 Å². The van der Waals surface area contributed by atoms with Crippen molar-refractivity contribution in [1.82, 2.24) is 53.6 Å². The molecule has 74 heavy (non-hydrogen) atoms. The number of methoxy groups -OCH3 is 1. The number of aromatic nitrogens is 12. The van der Waals surface area contributed by atoms with E-state index in [-0.39, 0.29) is 45.3 Å². The quantitative estimate of drug-likeness (QED) is 0.0276. The average Bonchev–Trinajstić information content (AvgIpc) is 4.17. The molecule has 0 amide bonds. The standard InChI is InChI=1S/C32H42N14O23P4S/c1-43-10-46(26-16(43)28(52)38-7-37-26)30-20(50)17(47)11(65-30)3-61-70(53,54)68-72(57,58)69-71(55,56)62-5-13-21(22(60-2)31(66-13)44-8-39-14-23(33)35-6-36-24(14)44)67-73(59,74)63-4-12-18(48)19(49)29(64-12)45-9-40-15-25(45)41-32(34)42-27(15)51/h6-13,17-22,29-31,47-50H,3-5H2,1-2H3,(H9-,33,34,35,36,37,38,41,42,51,52,53,54,55,56,57,58,59,74)/p-3. The first kappa shape index (κ1) is 54.3. The van der Waals surface area contributed by atoms with Gasteiger partial charge in [-0.2, -0.15) is 4.98 Å². The number of ether oxygens (including phenoxy) is 4. The minimum Gasteiger partial charge on any atom is -0.780 e. The third kappa shape index (κ3) is 10.8. The molecule has 6 aromatic rings. The number of H-pyrrole nitrogens is 2. The molecule has 0 spiro atoms. The summed E-state index contributed by atoms with van der Waals surface area (Å²) in [6, 6.07) is 0. The van der Waals surface area contributed by atoms with Gasteiger partial charge >= 0.3 is 5.65 Å². The van der Waals surface area contributed by atoms with E-state index in [1.54, 1.807) is 0 Å². The molecule has 37 nitrogen and oxygen atoms in total. The van der Waals surface area contributed by atoms with Crippen LogP contribution in [0.15, 0.2) is 41.2 Å². The van der Waals surface area contributed by atoms with Crippen molar-refractivity contribution >= 4 is 87.3 Å². The number of nitrogen functional groups attached to an aromatic ring is 2. The Morgan fingerprint density at radius 3 is 2.05 bits per heavy atom. The summed E-state index contributed by atoms with van der Waals surface area (Å²) in [6.45, 7) is -8.27. The number of anilines is 2. The van der Waals surface area contributed by atoms with Crippen LogP contribution in [-0.4, -0.2) is 156 Å². The Balaban J connectivity index is 0.861. The van der Waals surface area contributed by atoms with Gasteiger partial charge in [-0.1, -0.05) is 16.8 Å². The summed E-state index contributed by atoms with van der Waals surface area (Å²) in [6.07, 6.45) is -14.3. The molecule has 3 fully saturated rings. The molecule has 0 aromatic carbocycles. The van der Waals surface area contributed by atoms with Crippen molar-refractivity contribution < 1.29 is 104 Å². The van der Waals surface area contributed by atoms with Crippen LogP contribution < -0.4 is 46.7 Å². The van der Waals surface area contributed by atoms with E-state index in [2.05, 4.69) is 53.0 Å². The molecular weight excluding hydrogens is 1100 g/mol. The van der Waals surface area contributed by atoms with Crippen LogP contribution in [0.5, 0.6) is 0 Å². The summed E-state index contributed by atoms with van der Waals surface area (Å²) in [7, 11) is -16.4. The number of nitrogens with two attached hydrogens (primary N) is 2. The second kappa shape index (κ2) is 20.4. The fourth-order valence-electron chi connectivity index (χ4n) is 8.18. The fourth-order valence-corrected chi connectivity index (χ4v) is 13.0. The highest BCUT2D eigenvalue weighted by molar-refractivity contribution is 8.06. The molecule has 404 valence electrons. The Hall–Kier alpha value is -4.53. The van der Waals surface area contributed by atoms with E-state index < -0.39 is 135 Å². The molecule has 0 radical (unpaired) electrons. The monoisotopic (exact) mass is 1140 g/mol. The topological polar surface area (TPSA) is 530 Å². The highest BCUT2D eigenvalue weighted by Gasteiger charge is 2.51. The zero-order valence-corrected chi connectivity index (χ0v) is 41.7. The summed E-state index contributed by atoms with van der Waals surface area (Å²) >= 11 is 5.14. The van der Waals surface area contributed by atoms with Crippen molar-refractivity contribution in [2.75, 3.05) is 38.4 Å². The summed E-state index contributed by atoms with van der Waals surface area (Å²) in [5.41, 5.74) is 10.1. The predicted molar refractivity (Wildman–Crippen MR) is 232 cm³/mol. The molecule has 3 saturated heterocycles. The number of nitrogens with one attached hydrogen (secondary N) is 2. The van der Waals surface area contributed by atoms with Crippen LogP contribution in [0.1, 0.15) is 18.7 Å². The molecule has 9 rings (SSSR count). The summed E-state index contributed by atoms with van der Waals surface area (Å²) < 4.78 is 94.4. The van der Waals surface area contributed by atoms with E-state index in [1.165, 1.54) is 22.5 Å². The Bertz CT molecular complexity index is 3420. The number of aromatic amines is 2. The van der Waals surface area contributed by atoms with Crippen molar-refractivity contribution in [2.24, 2.45) is 7.05 Å². The SMILES string of the molecule is COC1C(OP([O-])(=S)OCC2OC(n3cnc4c(=O)[nH]c(N)nc43)C(O)C2O)C(COP(=O)([O-])OP(=O)([O-])OP(=O)([O-])OCC2OC([n+]3cn(C)c4c(=O)[nH]cnc43)C(O)C2O)OC1n1cnc2c(N)ncnc21. The van der Waals surface area contributed by atoms with Crippen molar-refractivity contribution in [3.05, 3.63) is 52.3 Å². The summed E-state index contributed by atoms with van der Waals surface area (Å²) in [5.74, 6) is -0.383. The number of aryl methyl sites for hydroxylation is 1. The van der Waals surface area contributed by atoms with Crippen LogP contribution in [0.25, 0.3) is 33.5 Å². The number of nitrogens with zero attached hydrogens (tertiary/aromatic N) is 10. The molecule has 3 aliphatic heterocycles. The zero-order valence-electron chi connectivity index (χ0n) is 37.3. The molecule has 16 atom stereocenters. The number of hydrogen-bond acceptors (Lipinski definition) is 32. The van der Waals surface area contributed by atoms with Gasteiger partial charge in [-0.25, -0.2) is 33.1 Å². The first-order valence-corrected chi connectivity index (χ1v) is 27.8. The van der Waals surface area contributed by atoms with Gasteiger partial charge in [0.25, 0.3) is 34.6 Å². The number of aliphatic hydroxyl groups is 4. The van der Waals surface area contributed by atoms with E-state index in [0.717, 1.165) is 41.6 Å². The van der Waals surface area contributed by atoms with Gasteiger partial charge in [-0.05, 0) is 0 Å². The number of phosphoric ester groups is 2. The first-order valence-electron chi connectivity index (χ1n) is 20.9. The Morgan fingerprint density at radius 2 is 1.36 bits per heavy atom. The molecule has 0 saturated carbocycles. The second-order valence-electron chi connectivity index (χ2n) is 16.2. The molecule has 9 heterocycles. The van der Waals surface area contributed by atoms with E-state index in [9.17, 15) is 63.3 Å². The third-order valence-corrected chi connectivity index (χ3v) is 17.1. The van der Waals surface area contributed by atoms with Gasteiger partial charge in [0.1, 0.15) is 73.5 Å². The number of hydrogen-bond donors (Lipinski definition) is 8. The molecular formula is C32H39N14O23P4S-3. The average molecular weight is 1140 g/mol. The van der Waals surface area contributed by atoms with Gasteiger partial charge in [0.15, 0.2) is 47.7 Å². The van der Waals surface area contributed by atoms with E-state index >= 15 is 0 Å². The molecule has 16 unspecified atom stereocenters. The number of imidazole rings is 3. The Morgan fingerprint density at radius 1 is 0.757 bits per heavy atom. The third-order valence-electron chi connectivity index (χ3n) is 11.4. The largest absolute Gasteiger partial charge is 0.780 e. The lowest BCUT2D eigenvalue weighted by molar-refractivity contribution is -0.745. The molecule has 6 aromatic heterocycles. The maximum absolute atomic E-state index is 13.9. The summed E-state index contributed by atoms with van der Waals surface area (Å²) in [4.78, 5) is 106. The lowest BCUT2D eigenvalue weighted by Gasteiger charge is -2.36. The second-order valence-corrected chi connectivity index (χ2v) is 23.4. The maximum atomic E-state index is 13.9. The summed E-state index contributed by atoms with van der Waals surface area (Å²) in [5, 5.41) is 43.1. The molecule has 0 aliphatic carbocycles. The fraction of sp³-hybridized carbons (Fsp3) is 0.531. The molecule has 10 N–H and O–H groups in total. The Labute approximate surface area is 415 Å². The van der Waals surface area contributed by atoms with Gasteiger partial charge in [0.2, 0.25) is 17.7 Å². The van der Waals surface area contributed by atoms with Gasteiger partial charge < -0.3 is 88.5 Å². The van der Waals surface area contributed by atoms with Gasteiger partial charge in [-0.15, -0.1) is 0 Å². The number of fused-ring (bicyclic) bond motifs is 3. The highest BCUT2D eigenvalue weighted by Crippen LogP contribution is 2.63. The maximum Gasteiger partial charge on any atom is 0.311 e. The van der Waals surface area contributed by atoms with Crippen molar-refractivity contribution in [3.8, 4) is 0 Å². The highest BCUT2D eigenvalue weighted by atomic mass is 32.5. The van der Waals surface area contributed by atoms with E-state index in [0.29, 0.717) is 0 Å². The number of aliphatic hydroxyl groups excluding tert-OH is 4. The van der Waals surface area contributed by atoms with Crippen LogP contribution in [0, 0.1) is 0 Å². The zero-order chi connectivity index (χ0) is 53.4. The lowest BCUT2D eigenvalue weighted by Crippen LogP contribution is -2.46. The van der Waals surface area contributed by atoms with Gasteiger partial charge in [0.05, 0.1) is 39.5 Å². The van der Waals surface area contributed by atoms with Crippen molar-refractivity contribution in [3.63, 3.8) is 0 Å². The van der Waals surface area contributed by atoms with Crippen molar-refractivity contribution in [2.45, 2.75) is 73.6 Å². The minimum absolute atomic E-state index is 0.0136. The normalized spacial score (nSPS) is 30.7. The Kier molecular flexibility index (Phi) is 15.0. The van der Waals surface area contributed by atoms with Crippen LogP contribution in [0.2, 0.25) is 0 Å². The number of phosphoric acid groups is 3. The van der Waals surface area contributed by atoms with Crippen LogP contribution in [-0.2, 0) is 78.2 Å². The van der Waals surface area contributed by atoms with Crippen LogP contribution in [0.4, 0.5) is 11.8 Å². The first-order chi connectivity index (χ1) is 34.8. The lowest BCUT2D eigenvalue weighted by atomic mass is 10.1. The van der Waals surface area contributed by atoms with Gasteiger partial charge in [0, 0.05) is 7.11 Å². The molecule has 42 heteroatoms. The van der Waals surface area contributed by atoms with E-state index in [1.807, 2.05) is 0 Å². The predicted octanol–water partition coefficient (Wildman–Crippen LogP) is -6.70. The van der Waals surface area contributed by atoms with Crippen LogP contribution in [0.3, 0.4) is 0 Å². The minimum atomic E-state index is -6.54. The van der Waals surface area contributed by atoms with E-state index in [4.69, 9.17) is 55.8 Å².